The van der Waals surface area contributed by atoms with Crippen molar-refractivity contribution in [3.63, 3.8) is 0 Å². The van der Waals surface area contributed by atoms with Crippen molar-refractivity contribution in [1.82, 2.24) is 9.62 Å². The Morgan fingerprint density at radius 2 is 1.92 bits per heavy atom. The van der Waals surface area contributed by atoms with Crippen LogP contribution in [0.3, 0.4) is 0 Å². The van der Waals surface area contributed by atoms with Gasteiger partial charge in [0.15, 0.2) is 0 Å². The Hall–Kier alpha value is -1.15. The van der Waals surface area contributed by atoms with Gasteiger partial charge in [-0.2, -0.15) is 4.31 Å². The zero-order valence-corrected chi connectivity index (χ0v) is 17.0. The molecule has 2 aliphatic rings. The van der Waals surface area contributed by atoms with Crippen LogP contribution in [0.1, 0.15) is 31.7 Å². The van der Waals surface area contributed by atoms with Gasteiger partial charge in [-0.05, 0) is 62.9 Å². The highest BCUT2D eigenvalue weighted by Crippen LogP contribution is 2.32. The topological polar surface area (TPSA) is 69.7 Å². The zero-order chi connectivity index (χ0) is 18.0. The Balaban J connectivity index is 0.00000243. The highest BCUT2D eigenvalue weighted by Gasteiger charge is 2.31. The van der Waals surface area contributed by atoms with Crippen LogP contribution in [0, 0.1) is 5.92 Å². The number of hydrogen-bond donors (Lipinski definition) is 1. The minimum absolute atomic E-state index is 0. The molecule has 0 radical (unpaired) electrons. The molecule has 0 spiro atoms. The standard InChI is InChI=1S/C18H27N3O3S.ClH/c1-14(22)21-12-8-16-3-4-17(13-18(16)21)25(23,24)20-10-6-15(7-11-20)5-9-19-2;/h3-4,13,15,19H,5-12H2,1-2H3;1H. The van der Waals surface area contributed by atoms with E-state index >= 15 is 0 Å². The van der Waals surface area contributed by atoms with Gasteiger partial charge in [0.1, 0.15) is 0 Å². The Kier molecular flexibility index (Phi) is 7.07. The summed E-state index contributed by atoms with van der Waals surface area (Å²) in [7, 11) is -1.55. The molecule has 26 heavy (non-hydrogen) atoms. The number of hydrogen-bond acceptors (Lipinski definition) is 4. The van der Waals surface area contributed by atoms with Crippen molar-refractivity contribution in [2.45, 2.75) is 37.5 Å². The summed E-state index contributed by atoms with van der Waals surface area (Å²) in [5.41, 5.74) is 1.79. The van der Waals surface area contributed by atoms with Gasteiger partial charge < -0.3 is 10.2 Å². The van der Waals surface area contributed by atoms with Crippen LogP contribution < -0.4 is 10.2 Å². The Bertz CT molecular complexity index is 746. The van der Waals surface area contributed by atoms with E-state index in [2.05, 4.69) is 5.32 Å². The van der Waals surface area contributed by atoms with Crippen molar-refractivity contribution in [2.24, 2.45) is 5.92 Å². The minimum Gasteiger partial charge on any atom is -0.320 e. The van der Waals surface area contributed by atoms with Gasteiger partial charge in [-0.15, -0.1) is 12.4 Å². The minimum atomic E-state index is -3.50. The summed E-state index contributed by atoms with van der Waals surface area (Å²) >= 11 is 0. The van der Waals surface area contributed by atoms with Gasteiger partial charge in [-0.3, -0.25) is 4.79 Å². The Morgan fingerprint density at radius 1 is 1.23 bits per heavy atom. The lowest BCUT2D eigenvalue weighted by atomic mass is 9.95. The first-order valence-electron chi connectivity index (χ1n) is 8.99. The highest BCUT2D eigenvalue weighted by atomic mass is 35.5. The first-order chi connectivity index (χ1) is 11.9. The molecule has 0 aromatic heterocycles. The first-order valence-corrected chi connectivity index (χ1v) is 10.4. The van der Waals surface area contributed by atoms with E-state index < -0.39 is 10.0 Å². The number of nitrogens with zero attached hydrogens (tertiary/aromatic N) is 2. The van der Waals surface area contributed by atoms with Crippen molar-refractivity contribution < 1.29 is 13.2 Å². The van der Waals surface area contributed by atoms with E-state index in [0.717, 1.165) is 43.5 Å². The molecule has 0 saturated carbocycles. The molecule has 1 aromatic rings. The summed E-state index contributed by atoms with van der Waals surface area (Å²) in [6.07, 6.45) is 3.69. The maximum Gasteiger partial charge on any atom is 0.243 e. The van der Waals surface area contributed by atoms with Crippen molar-refractivity contribution in [3.05, 3.63) is 23.8 Å². The van der Waals surface area contributed by atoms with Crippen molar-refractivity contribution in [1.29, 1.82) is 0 Å². The molecule has 8 heteroatoms. The largest absolute Gasteiger partial charge is 0.320 e. The van der Waals surface area contributed by atoms with Crippen LogP contribution in [0.15, 0.2) is 23.1 Å². The molecular weight excluding hydrogens is 374 g/mol. The third kappa shape index (κ3) is 4.22. The van der Waals surface area contributed by atoms with Crippen LogP contribution in [0.2, 0.25) is 0 Å². The predicted octanol–water partition coefficient (Wildman–Crippen LogP) is 2.03. The van der Waals surface area contributed by atoms with E-state index in [1.807, 2.05) is 13.1 Å². The highest BCUT2D eigenvalue weighted by molar-refractivity contribution is 7.89. The van der Waals surface area contributed by atoms with Gasteiger partial charge in [-0.1, -0.05) is 6.07 Å². The molecule has 0 atom stereocenters. The van der Waals surface area contributed by atoms with Gasteiger partial charge in [0.25, 0.3) is 0 Å². The fourth-order valence-corrected chi connectivity index (χ4v) is 5.27. The van der Waals surface area contributed by atoms with Crippen LogP contribution in [-0.4, -0.2) is 51.9 Å². The zero-order valence-electron chi connectivity index (χ0n) is 15.4. The molecule has 146 valence electrons. The molecule has 2 aliphatic heterocycles. The summed E-state index contributed by atoms with van der Waals surface area (Å²) in [5, 5.41) is 3.16. The van der Waals surface area contributed by atoms with E-state index in [1.165, 1.54) is 6.92 Å². The molecule has 1 amide bonds. The number of nitrogens with one attached hydrogen (secondary N) is 1. The summed E-state index contributed by atoms with van der Waals surface area (Å²) in [6, 6.07) is 5.21. The van der Waals surface area contributed by atoms with Gasteiger partial charge in [0.05, 0.1) is 4.90 Å². The average molecular weight is 402 g/mol. The number of carbonyl (C=O) groups is 1. The van der Waals surface area contributed by atoms with Crippen LogP contribution in [0.5, 0.6) is 0 Å². The number of fused-ring (bicyclic) bond motifs is 1. The van der Waals surface area contributed by atoms with E-state index in [-0.39, 0.29) is 18.3 Å². The maximum absolute atomic E-state index is 13.0. The maximum atomic E-state index is 13.0. The normalized spacial score (nSPS) is 18.5. The fourth-order valence-electron chi connectivity index (χ4n) is 3.78. The Labute approximate surface area is 162 Å². The number of sulfonamides is 1. The summed E-state index contributed by atoms with van der Waals surface area (Å²) in [6.45, 7) is 4.27. The SMILES string of the molecule is CNCCC1CCN(S(=O)(=O)c2ccc3c(c2)N(C(C)=O)CC3)CC1.Cl. The molecule has 1 fully saturated rings. The third-order valence-corrected chi connectivity index (χ3v) is 7.24. The molecule has 1 saturated heterocycles. The lowest BCUT2D eigenvalue weighted by Crippen LogP contribution is -2.39. The van der Waals surface area contributed by atoms with Gasteiger partial charge in [0, 0.05) is 32.2 Å². The summed E-state index contributed by atoms with van der Waals surface area (Å²) in [5.74, 6) is 0.547. The van der Waals surface area contributed by atoms with Crippen molar-refractivity contribution >= 4 is 34.0 Å². The molecule has 1 N–H and O–H groups in total. The second-order valence-electron chi connectivity index (χ2n) is 6.95. The number of amides is 1. The van der Waals surface area contributed by atoms with E-state index in [0.29, 0.717) is 30.4 Å². The van der Waals surface area contributed by atoms with Gasteiger partial charge in [-0.25, -0.2) is 8.42 Å². The summed E-state index contributed by atoms with van der Waals surface area (Å²) < 4.78 is 27.6. The Morgan fingerprint density at radius 3 is 2.54 bits per heavy atom. The van der Waals surface area contributed by atoms with Crippen LogP contribution >= 0.6 is 12.4 Å². The molecule has 0 bridgehead atoms. The lowest BCUT2D eigenvalue weighted by molar-refractivity contribution is -0.116. The third-order valence-electron chi connectivity index (χ3n) is 5.35. The van der Waals surface area contributed by atoms with Crippen molar-refractivity contribution in [3.8, 4) is 0 Å². The number of benzene rings is 1. The smallest absolute Gasteiger partial charge is 0.243 e. The van der Waals surface area contributed by atoms with Crippen LogP contribution in [0.25, 0.3) is 0 Å². The van der Waals surface area contributed by atoms with E-state index in [1.54, 1.807) is 21.3 Å². The monoisotopic (exact) mass is 401 g/mol. The molecule has 2 heterocycles. The second kappa shape index (κ2) is 8.69. The number of anilines is 1. The first kappa shape index (κ1) is 21.2. The second-order valence-corrected chi connectivity index (χ2v) is 8.89. The lowest BCUT2D eigenvalue weighted by Gasteiger charge is -2.31. The van der Waals surface area contributed by atoms with E-state index in [9.17, 15) is 13.2 Å². The number of halogens is 1. The van der Waals surface area contributed by atoms with Gasteiger partial charge in [0.2, 0.25) is 15.9 Å². The van der Waals surface area contributed by atoms with Crippen LogP contribution in [-0.2, 0) is 21.2 Å². The van der Waals surface area contributed by atoms with Crippen molar-refractivity contribution in [2.75, 3.05) is 38.1 Å². The molecular formula is C18H28ClN3O3S. The number of rotatable bonds is 5. The average Bonchev–Trinajstić information content (AvgIpc) is 3.03. The molecule has 1 aromatic carbocycles. The molecule has 3 rings (SSSR count). The predicted molar refractivity (Wildman–Crippen MR) is 105 cm³/mol. The summed E-state index contributed by atoms with van der Waals surface area (Å²) in [4.78, 5) is 13.7. The number of carbonyl (C=O) groups excluding carboxylic acids is 1. The van der Waals surface area contributed by atoms with Crippen LogP contribution in [0.4, 0.5) is 5.69 Å². The molecule has 0 aliphatic carbocycles. The van der Waals surface area contributed by atoms with E-state index in [4.69, 9.17) is 0 Å². The molecule has 0 unspecified atom stereocenters. The molecule has 6 nitrogen and oxygen atoms in total. The quantitative estimate of drug-likeness (QED) is 0.819. The number of piperidine rings is 1. The fraction of sp³-hybridized carbons (Fsp3) is 0.611. The van der Waals surface area contributed by atoms with Gasteiger partial charge >= 0.3 is 0 Å².